The van der Waals surface area contributed by atoms with E-state index in [1.165, 1.54) is 20.3 Å². The standard InChI is InChI=1S/C26H21NO6/c1-15-22(28)18-10-7-11-19(24(18)33-23(15)16-8-5-4-6-9-16)25(29)27-21-13-12-17(31-2)14-20(21)26(30)32-3/h4-14H,1-3H3,(H,27,29). The summed E-state index contributed by atoms with van der Waals surface area (Å²) < 4.78 is 16.1. The van der Waals surface area contributed by atoms with Gasteiger partial charge in [-0.1, -0.05) is 36.4 Å². The second-order valence-corrected chi connectivity index (χ2v) is 7.29. The van der Waals surface area contributed by atoms with Crippen LogP contribution in [0.5, 0.6) is 5.75 Å². The highest BCUT2D eigenvalue weighted by atomic mass is 16.5. The summed E-state index contributed by atoms with van der Waals surface area (Å²) in [6.45, 7) is 1.69. The third-order valence-corrected chi connectivity index (χ3v) is 5.31. The van der Waals surface area contributed by atoms with Crippen LogP contribution in [0, 0.1) is 6.92 Å². The van der Waals surface area contributed by atoms with Gasteiger partial charge in [-0.15, -0.1) is 0 Å². The maximum absolute atomic E-state index is 13.2. The Bertz CT molecular complexity index is 1420. The quantitative estimate of drug-likeness (QED) is 0.445. The van der Waals surface area contributed by atoms with Gasteiger partial charge < -0.3 is 19.2 Å². The average molecular weight is 443 g/mol. The van der Waals surface area contributed by atoms with E-state index in [4.69, 9.17) is 13.9 Å². The van der Waals surface area contributed by atoms with Crippen molar-refractivity contribution in [3.05, 3.63) is 93.6 Å². The van der Waals surface area contributed by atoms with Crippen LogP contribution >= 0.6 is 0 Å². The molecule has 0 fully saturated rings. The van der Waals surface area contributed by atoms with Gasteiger partial charge >= 0.3 is 5.97 Å². The van der Waals surface area contributed by atoms with Crippen LogP contribution in [0.3, 0.4) is 0 Å². The van der Waals surface area contributed by atoms with Crippen molar-refractivity contribution in [1.29, 1.82) is 0 Å². The zero-order valence-corrected chi connectivity index (χ0v) is 18.3. The lowest BCUT2D eigenvalue weighted by Gasteiger charge is -2.13. The Hall–Kier alpha value is -4.39. The lowest BCUT2D eigenvalue weighted by molar-refractivity contribution is 0.0601. The van der Waals surface area contributed by atoms with Crippen LogP contribution in [0.2, 0.25) is 0 Å². The second-order valence-electron chi connectivity index (χ2n) is 7.29. The van der Waals surface area contributed by atoms with E-state index in [9.17, 15) is 14.4 Å². The summed E-state index contributed by atoms with van der Waals surface area (Å²) in [4.78, 5) is 38.5. The molecule has 166 valence electrons. The first-order valence-corrected chi connectivity index (χ1v) is 10.1. The minimum absolute atomic E-state index is 0.132. The molecule has 0 aliphatic rings. The summed E-state index contributed by atoms with van der Waals surface area (Å²) in [7, 11) is 2.72. The highest BCUT2D eigenvalue weighted by Crippen LogP contribution is 2.29. The molecule has 7 nitrogen and oxygen atoms in total. The topological polar surface area (TPSA) is 94.8 Å². The summed E-state index contributed by atoms with van der Waals surface area (Å²) >= 11 is 0. The van der Waals surface area contributed by atoms with E-state index in [1.807, 2.05) is 30.3 Å². The number of benzene rings is 3. The molecule has 1 amide bonds. The number of ether oxygens (including phenoxy) is 2. The Morgan fingerprint density at radius 2 is 1.67 bits per heavy atom. The van der Waals surface area contributed by atoms with E-state index in [1.54, 1.807) is 37.3 Å². The number of anilines is 1. The number of hydrogen-bond acceptors (Lipinski definition) is 6. The number of carbonyl (C=O) groups excluding carboxylic acids is 2. The predicted molar refractivity (Wildman–Crippen MR) is 125 cm³/mol. The SMILES string of the molecule is COC(=O)c1cc(OC)ccc1NC(=O)c1cccc2c(=O)c(C)c(-c3ccccc3)oc12. The largest absolute Gasteiger partial charge is 0.497 e. The van der Waals surface area contributed by atoms with E-state index >= 15 is 0 Å². The minimum Gasteiger partial charge on any atom is -0.497 e. The zero-order valence-electron chi connectivity index (χ0n) is 18.3. The van der Waals surface area contributed by atoms with Crippen molar-refractivity contribution < 1.29 is 23.5 Å². The molecule has 3 aromatic carbocycles. The number of nitrogens with one attached hydrogen (secondary N) is 1. The number of esters is 1. The molecule has 1 N–H and O–H groups in total. The fourth-order valence-electron chi connectivity index (χ4n) is 3.58. The highest BCUT2D eigenvalue weighted by molar-refractivity contribution is 6.13. The molecule has 0 unspecified atom stereocenters. The van der Waals surface area contributed by atoms with E-state index in [0.29, 0.717) is 22.5 Å². The summed E-state index contributed by atoms with van der Waals surface area (Å²) in [5, 5.41) is 3.02. The fourth-order valence-corrected chi connectivity index (χ4v) is 3.58. The third kappa shape index (κ3) is 4.08. The summed E-state index contributed by atoms with van der Waals surface area (Å²) in [5.41, 5.74) is 1.66. The number of carbonyl (C=O) groups is 2. The van der Waals surface area contributed by atoms with Crippen molar-refractivity contribution in [2.24, 2.45) is 0 Å². The monoisotopic (exact) mass is 443 g/mol. The van der Waals surface area contributed by atoms with Crippen LogP contribution < -0.4 is 15.5 Å². The molecule has 4 rings (SSSR count). The molecule has 0 radical (unpaired) electrons. The first-order chi connectivity index (χ1) is 15.9. The fraction of sp³-hybridized carbons (Fsp3) is 0.115. The molecular formula is C26H21NO6. The first-order valence-electron chi connectivity index (χ1n) is 10.1. The van der Waals surface area contributed by atoms with E-state index in [2.05, 4.69) is 5.32 Å². The molecule has 0 spiro atoms. The van der Waals surface area contributed by atoms with E-state index in [-0.39, 0.29) is 27.8 Å². The summed E-state index contributed by atoms with van der Waals surface area (Å²) in [6, 6.07) is 18.6. The van der Waals surface area contributed by atoms with Gasteiger partial charge in [0, 0.05) is 11.1 Å². The van der Waals surface area contributed by atoms with Crippen LogP contribution in [0.15, 0.2) is 75.9 Å². The van der Waals surface area contributed by atoms with Crippen molar-refractivity contribution >= 4 is 28.5 Å². The molecule has 1 aromatic heterocycles. The van der Waals surface area contributed by atoms with Crippen molar-refractivity contribution in [3.63, 3.8) is 0 Å². The summed E-state index contributed by atoms with van der Waals surface area (Å²) in [5.74, 6) is -0.335. The Balaban J connectivity index is 1.83. The average Bonchev–Trinajstić information content (AvgIpc) is 2.86. The van der Waals surface area contributed by atoms with Gasteiger partial charge in [-0.2, -0.15) is 0 Å². The zero-order chi connectivity index (χ0) is 23.5. The molecule has 0 saturated carbocycles. The van der Waals surface area contributed by atoms with Gasteiger partial charge in [-0.05, 0) is 37.3 Å². The Morgan fingerprint density at radius 1 is 0.909 bits per heavy atom. The van der Waals surface area contributed by atoms with Crippen LogP contribution in [0.4, 0.5) is 5.69 Å². The van der Waals surface area contributed by atoms with Gasteiger partial charge in [0.05, 0.1) is 36.4 Å². The predicted octanol–water partition coefficient (Wildman–Crippen LogP) is 4.82. The van der Waals surface area contributed by atoms with Gasteiger partial charge in [0.2, 0.25) is 0 Å². The number of fused-ring (bicyclic) bond motifs is 1. The smallest absolute Gasteiger partial charge is 0.340 e. The molecule has 0 saturated heterocycles. The van der Waals surface area contributed by atoms with Crippen molar-refractivity contribution in [1.82, 2.24) is 0 Å². The number of hydrogen-bond donors (Lipinski definition) is 1. The van der Waals surface area contributed by atoms with E-state index in [0.717, 1.165) is 5.56 Å². The first kappa shape index (κ1) is 21.8. The van der Waals surface area contributed by atoms with Crippen LogP contribution in [-0.4, -0.2) is 26.1 Å². The van der Waals surface area contributed by atoms with Gasteiger partial charge in [0.15, 0.2) is 11.0 Å². The second kappa shape index (κ2) is 9.00. The van der Waals surface area contributed by atoms with E-state index < -0.39 is 11.9 Å². The number of rotatable bonds is 5. The van der Waals surface area contributed by atoms with Crippen LogP contribution in [-0.2, 0) is 4.74 Å². The molecule has 0 atom stereocenters. The van der Waals surface area contributed by atoms with Gasteiger partial charge in [-0.25, -0.2) is 4.79 Å². The molecule has 1 heterocycles. The van der Waals surface area contributed by atoms with Crippen LogP contribution in [0.1, 0.15) is 26.3 Å². The Morgan fingerprint density at radius 3 is 2.36 bits per heavy atom. The Kier molecular flexibility index (Phi) is 5.95. The maximum atomic E-state index is 13.2. The molecular weight excluding hydrogens is 422 g/mol. The number of para-hydroxylation sites is 1. The maximum Gasteiger partial charge on any atom is 0.340 e. The van der Waals surface area contributed by atoms with Gasteiger partial charge in [-0.3, -0.25) is 9.59 Å². The van der Waals surface area contributed by atoms with Gasteiger partial charge in [0.25, 0.3) is 5.91 Å². The molecule has 33 heavy (non-hydrogen) atoms. The Labute approximate surface area is 189 Å². The van der Waals surface area contributed by atoms with Crippen molar-refractivity contribution in [3.8, 4) is 17.1 Å². The van der Waals surface area contributed by atoms with Crippen LogP contribution in [0.25, 0.3) is 22.3 Å². The number of amides is 1. The minimum atomic E-state index is -0.629. The van der Waals surface area contributed by atoms with Crippen molar-refractivity contribution in [2.45, 2.75) is 6.92 Å². The lowest BCUT2D eigenvalue weighted by atomic mass is 10.0. The van der Waals surface area contributed by atoms with Gasteiger partial charge in [0.1, 0.15) is 11.5 Å². The molecule has 0 aliphatic carbocycles. The number of methoxy groups -OCH3 is 2. The molecule has 7 heteroatoms. The molecule has 4 aromatic rings. The summed E-state index contributed by atoms with van der Waals surface area (Å²) in [6.07, 6.45) is 0. The molecule has 0 bridgehead atoms. The lowest BCUT2D eigenvalue weighted by Crippen LogP contribution is -2.17. The third-order valence-electron chi connectivity index (χ3n) is 5.31. The molecule has 0 aliphatic heterocycles. The van der Waals surface area contributed by atoms with Crippen molar-refractivity contribution in [2.75, 3.05) is 19.5 Å². The highest BCUT2D eigenvalue weighted by Gasteiger charge is 2.21. The normalized spacial score (nSPS) is 10.6.